The van der Waals surface area contributed by atoms with Crippen molar-refractivity contribution in [1.29, 1.82) is 0 Å². The normalized spacial score (nSPS) is 10.4. The number of nitrogens with zero attached hydrogens (tertiary/aromatic N) is 2. The highest BCUT2D eigenvalue weighted by Crippen LogP contribution is 2.23. The van der Waals surface area contributed by atoms with E-state index in [4.69, 9.17) is 9.47 Å². The largest absolute Gasteiger partial charge is 0.497 e. The molecule has 0 aliphatic heterocycles. The highest BCUT2D eigenvalue weighted by molar-refractivity contribution is 5.97. The van der Waals surface area contributed by atoms with Gasteiger partial charge < -0.3 is 14.8 Å². The van der Waals surface area contributed by atoms with Crippen molar-refractivity contribution in [2.24, 2.45) is 0 Å². The van der Waals surface area contributed by atoms with Gasteiger partial charge in [-0.25, -0.2) is 9.37 Å². The van der Waals surface area contributed by atoms with Crippen LogP contribution in [0.25, 0.3) is 11.3 Å². The molecular formula is C21H20FN3O4. The van der Waals surface area contributed by atoms with Crippen LogP contribution in [0.4, 0.5) is 4.39 Å². The van der Waals surface area contributed by atoms with E-state index in [1.807, 2.05) is 0 Å². The van der Waals surface area contributed by atoms with Crippen LogP contribution in [0.3, 0.4) is 0 Å². The molecule has 150 valence electrons. The Balaban J connectivity index is 1.65. The topological polar surface area (TPSA) is 82.4 Å². The van der Waals surface area contributed by atoms with Crippen molar-refractivity contribution in [1.82, 2.24) is 14.9 Å². The standard InChI is InChI=1S/C21H20FN3O4/c1-28-16-7-8-19(29-2)17(11-16)21(27)23-9-10-25-13-24-18(12-20(25)26)14-3-5-15(22)6-4-14/h3-8,11-13H,9-10H2,1-2H3,(H,23,27). The second kappa shape index (κ2) is 9.01. The highest BCUT2D eigenvalue weighted by atomic mass is 19.1. The zero-order chi connectivity index (χ0) is 20.8. The molecule has 2 aromatic carbocycles. The van der Waals surface area contributed by atoms with E-state index in [9.17, 15) is 14.0 Å². The molecule has 1 heterocycles. The molecule has 0 unspecified atom stereocenters. The molecule has 0 aliphatic rings. The van der Waals surface area contributed by atoms with Gasteiger partial charge in [0.1, 0.15) is 17.3 Å². The van der Waals surface area contributed by atoms with Crippen molar-refractivity contribution < 1.29 is 18.7 Å². The number of carbonyl (C=O) groups is 1. The molecule has 8 heteroatoms. The molecule has 3 aromatic rings. The SMILES string of the molecule is COc1ccc(OC)c(C(=O)NCCn2cnc(-c3ccc(F)cc3)cc2=O)c1. The zero-order valence-electron chi connectivity index (χ0n) is 16.0. The van der Waals surface area contributed by atoms with Crippen molar-refractivity contribution in [3.05, 3.63) is 76.6 Å². The first-order chi connectivity index (χ1) is 14.0. The minimum absolute atomic E-state index is 0.219. The lowest BCUT2D eigenvalue weighted by molar-refractivity contribution is 0.0948. The number of hydrogen-bond acceptors (Lipinski definition) is 5. The number of hydrogen-bond donors (Lipinski definition) is 1. The molecule has 0 bridgehead atoms. The number of aromatic nitrogens is 2. The maximum absolute atomic E-state index is 13.0. The molecule has 1 N–H and O–H groups in total. The Morgan fingerprint density at radius 1 is 1.10 bits per heavy atom. The summed E-state index contributed by atoms with van der Waals surface area (Å²) in [5.74, 6) is 0.258. The fourth-order valence-electron chi connectivity index (χ4n) is 2.75. The molecular weight excluding hydrogens is 377 g/mol. The average molecular weight is 397 g/mol. The highest BCUT2D eigenvalue weighted by Gasteiger charge is 2.13. The van der Waals surface area contributed by atoms with Gasteiger partial charge in [-0.2, -0.15) is 0 Å². The van der Waals surface area contributed by atoms with E-state index in [0.717, 1.165) is 0 Å². The number of carbonyl (C=O) groups excluding carboxylic acids is 1. The summed E-state index contributed by atoms with van der Waals surface area (Å²) in [5, 5.41) is 2.75. The van der Waals surface area contributed by atoms with Crippen molar-refractivity contribution in [3.63, 3.8) is 0 Å². The lowest BCUT2D eigenvalue weighted by Gasteiger charge is -2.11. The number of nitrogens with one attached hydrogen (secondary N) is 1. The molecule has 7 nitrogen and oxygen atoms in total. The third-order valence-electron chi connectivity index (χ3n) is 4.31. The van der Waals surface area contributed by atoms with Gasteiger partial charge in [-0.05, 0) is 42.5 Å². The maximum atomic E-state index is 13.0. The van der Waals surface area contributed by atoms with E-state index in [2.05, 4.69) is 10.3 Å². The molecule has 0 radical (unpaired) electrons. The fraction of sp³-hybridized carbons (Fsp3) is 0.190. The first kappa shape index (κ1) is 20.1. The predicted octanol–water partition coefficient (Wildman–Crippen LogP) is 2.50. The molecule has 0 spiro atoms. The third-order valence-corrected chi connectivity index (χ3v) is 4.31. The van der Waals surface area contributed by atoms with Crippen LogP contribution in [-0.2, 0) is 6.54 Å². The van der Waals surface area contributed by atoms with E-state index in [1.165, 1.54) is 43.3 Å². The summed E-state index contributed by atoms with van der Waals surface area (Å²) in [6, 6.07) is 12.0. The smallest absolute Gasteiger partial charge is 0.255 e. The van der Waals surface area contributed by atoms with Crippen LogP contribution in [-0.4, -0.2) is 36.2 Å². The van der Waals surface area contributed by atoms with Gasteiger partial charge in [0, 0.05) is 24.7 Å². The first-order valence-electron chi connectivity index (χ1n) is 8.84. The quantitative estimate of drug-likeness (QED) is 0.662. The van der Waals surface area contributed by atoms with Crippen LogP contribution in [0, 0.1) is 5.82 Å². The Morgan fingerprint density at radius 3 is 2.52 bits per heavy atom. The summed E-state index contributed by atoms with van der Waals surface area (Å²) in [4.78, 5) is 29.0. The Hall–Kier alpha value is -3.68. The van der Waals surface area contributed by atoms with Gasteiger partial charge in [-0.3, -0.25) is 14.2 Å². The van der Waals surface area contributed by atoms with Crippen molar-refractivity contribution >= 4 is 5.91 Å². The number of ether oxygens (including phenoxy) is 2. The molecule has 1 amide bonds. The predicted molar refractivity (Wildman–Crippen MR) is 106 cm³/mol. The monoisotopic (exact) mass is 397 g/mol. The van der Waals surface area contributed by atoms with E-state index in [0.29, 0.717) is 28.3 Å². The molecule has 0 atom stereocenters. The summed E-state index contributed by atoms with van der Waals surface area (Å²) < 4.78 is 24.8. The van der Waals surface area contributed by atoms with Crippen LogP contribution in [0.2, 0.25) is 0 Å². The van der Waals surface area contributed by atoms with Gasteiger partial charge >= 0.3 is 0 Å². The van der Waals surface area contributed by atoms with E-state index >= 15 is 0 Å². The Bertz CT molecular complexity index is 1060. The van der Waals surface area contributed by atoms with E-state index in [-0.39, 0.29) is 30.4 Å². The Labute approximate surface area is 166 Å². The van der Waals surface area contributed by atoms with Gasteiger partial charge in [-0.15, -0.1) is 0 Å². The summed E-state index contributed by atoms with van der Waals surface area (Å²) in [7, 11) is 2.99. The number of amides is 1. The first-order valence-corrected chi connectivity index (χ1v) is 8.84. The molecule has 0 saturated heterocycles. The van der Waals surface area contributed by atoms with Crippen molar-refractivity contribution in [2.75, 3.05) is 20.8 Å². The average Bonchev–Trinajstić information content (AvgIpc) is 2.74. The summed E-state index contributed by atoms with van der Waals surface area (Å²) >= 11 is 0. The van der Waals surface area contributed by atoms with Crippen molar-refractivity contribution in [3.8, 4) is 22.8 Å². The van der Waals surface area contributed by atoms with Gasteiger partial charge in [0.15, 0.2) is 0 Å². The summed E-state index contributed by atoms with van der Waals surface area (Å²) in [5.41, 5.74) is 1.17. The molecule has 0 saturated carbocycles. The van der Waals surface area contributed by atoms with Gasteiger partial charge in [-0.1, -0.05) is 0 Å². The second-order valence-electron chi connectivity index (χ2n) is 6.13. The Morgan fingerprint density at radius 2 is 1.86 bits per heavy atom. The number of methoxy groups -OCH3 is 2. The third kappa shape index (κ3) is 4.78. The van der Waals surface area contributed by atoms with E-state index < -0.39 is 0 Å². The van der Waals surface area contributed by atoms with Crippen LogP contribution in [0.1, 0.15) is 10.4 Å². The second-order valence-corrected chi connectivity index (χ2v) is 6.13. The maximum Gasteiger partial charge on any atom is 0.255 e. The lowest BCUT2D eigenvalue weighted by Crippen LogP contribution is -2.31. The summed E-state index contributed by atoms with van der Waals surface area (Å²) in [6.45, 7) is 0.463. The minimum Gasteiger partial charge on any atom is -0.497 e. The molecule has 29 heavy (non-hydrogen) atoms. The van der Waals surface area contributed by atoms with Crippen LogP contribution < -0.4 is 20.3 Å². The van der Waals surface area contributed by atoms with Crippen LogP contribution >= 0.6 is 0 Å². The molecule has 1 aromatic heterocycles. The van der Waals surface area contributed by atoms with Crippen LogP contribution in [0.5, 0.6) is 11.5 Å². The van der Waals surface area contributed by atoms with Gasteiger partial charge in [0.2, 0.25) is 0 Å². The van der Waals surface area contributed by atoms with Crippen molar-refractivity contribution in [2.45, 2.75) is 6.54 Å². The summed E-state index contributed by atoms with van der Waals surface area (Å²) in [6.07, 6.45) is 1.40. The molecule has 3 rings (SSSR count). The molecule has 0 aliphatic carbocycles. The minimum atomic E-state index is -0.356. The Kier molecular flexibility index (Phi) is 6.23. The number of rotatable bonds is 7. The zero-order valence-corrected chi connectivity index (χ0v) is 16.0. The lowest BCUT2D eigenvalue weighted by atomic mass is 10.1. The number of benzene rings is 2. The van der Waals surface area contributed by atoms with Crippen LogP contribution in [0.15, 0.2) is 59.7 Å². The van der Waals surface area contributed by atoms with Gasteiger partial charge in [0.25, 0.3) is 11.5 Å². The number of halogens is 1. The van der Waals surface area contributed by atoms with E-state index in [1.54, 1.807) is 30.3 Å². The van der Waals surface area contributed by atoms with Gasteiger partial charge in [0.05, 0.1) is 31.8 Å². The molecule has 0 fully saturated rings. The fourth-order valence-corrected chi connectivity index (χ4v) is 2.75.